The van der Waals surface area contributed by atoms with Crippen LogP contribution in [0.25, 0.3) is 10.9 Å². The van der Waals surface area contributed by atoms with Gasteiger partial charge in [0.1, 0.15) is 6.54 Å². The van der Waals surface area contributed by atoms with E-state index in [2.05, 4.69) is 15.0 Å². The van der Waals surface area contributed by atoms with Crippen molar-refractivity contribution in [3.63, 3.8) is 0 Å². The van der Waals surface area contributed by atoms with E-state index in [0.29, 0.717) is 15.9 Å². The molecule has 1 amide bonds. The van der Waals surface area contributed by atoms with Crippen LogP contribution in [0.5, 0.6) is 0 Å². The first-order valence-electron chi connectivity index (χ1n) is 7.61. The molecule has 1 N–H and O–H groups in total. The van der Waals surface area contributed by atoms with E-state index in [-0.39, 0.29) is 23.4 Å². The summed E-state index contributed by atoms with van der Waals surface area (Å²) in [4.78, 5) is 40.8. The van der Waals surface area contributed by atoms with E-state index in [0.717, 1.165) is 0 Å². The van der Waals surface area contributed by atoms with Crippen LogP contribution in [0.15, 0.2) is 53.6 Å². The van der Waals surface area contributed by atoms with Crippen LogP contribution in [0.3, 0.4) is 0 Å². The molecule has 132 valence electrons. The number of carbonyl (C=O) groups is 2. The number of carbonyl (C=O) groups excluding carboxylic acids is 2. The molecule has 0 bridgehead atoms. The second kappa shape index (κ2) is 7.37. The summed E-state index contributed by atoms with van der Waals surface area (Å²) < 4.78 is 5.88. The first kappa shape index (κ1) is 17.6. The summed E-state index contributed by atoms with van der Waals surface area (Å²) in [5.41, 5.74) is 0.590. The van der Waals surface area contributed by atoms with Gasteiger partial charge in [0.15, 0.2) is 0 Å². The fourth-order valence-corrected chi connectivity index (χ4v) is 2.64. The number of aromatic nitrogens is 2. The summed E-state index contributed by atoms with van der Waals surface area (Å²) in [7, 11) is 1.24. The molecule has 0 aliphatic carbocycles. The Kier molecular flexibility index (Phi) is 4.99. The Hall–Kier alpha value is -3.19. The lowest BCUT2D eigenvalue weighted by Gasteiger charge is -2.11. The van der Waals surface area contributed by atoms with Crippen LogP contribution >= 0.6 is 11.6 Å². The Morgan fingerprint density at radius 2 is 2.00 bits per heavy atom. The van der Waals surface area contributed by atoms with Gasteiger partial charge >= 0.3 is 5.97 Å². The quantitative estimate of drug-likeness (QED) is 0.711. The predicted octanol–water partition coefficient (Wildman–Crippen LogP) is 2.48. The van der Waals surface area contributed by atoms with Gasteiger partial charge in [0, 0.05) is 5.02 Å². The van der Waals surface area contributed by atoms with Gasteiger partial charge in [0.05, 0.1) is 35.6 Å². The van der Waals surface area contributed by atoms with E-state index < -0.39 is 11.9 Å². The maximum Gasteiger partial charge on any atom is 0.339 e. The van der Waals surface area contributed by atoms with E-state index in [1.165, 1.54) is 36.2 Å². The van der Waals surface area contributed by atoms with Crippen LogP contribution in [0.1, 0.15) is 10.4 Å². The number of nitrogens with one attached hydrogen (secondary N) is 1. The summed E-state index contributed by atoms with van der Waals surface area (Å²) in [6, 6.07) is 11.3. The normalized spacial score (nSPS) is 10.5. The minimum atomic E-state index is -0.610. The van der Waals surface area contributed by atoms with Crippen LogP contribution in [0.4, 0.5) is 5.69 Å². The number of nitrogens with zero attached hydrogens (tertiary/aromatic N) is 2. The number of anilines is 1. The lowest BCUT2D eigenvalue weighted by atomic mass is 10.1. The van der Waals surface area contributed by atoms with Crippen LogP contribution in [0.2, 0.25) is 5.02 Å². The molecule has 1 aromatic heterocycles. The average molecular weight is 372 g/mol. The summed E-state index contributed by atoms with van der Waals surface area (Å²) in [5, 5.41) is 3.34. The first-order chi connectivity index (χ1) is 12.5. The molecule has 0 saturated heterocycles. The Morgan fingerprint density at radius 3 is 2.77 bits per heavy atom. The lowest BCUT2D eigenvalue weighted by molar-refractivity contribution is -0.116. The van der Waals surface area contributed by atoms with Crippen LogP contribution in [0, 0.1) is 0 Å². The number of para-hydroxylation sites is 1. The topological polar surface area (TPSA) is 90.3 Å². The maximum absolute atomic E-state index is 12.4. The standard InChI is InChI=1S/C18H14ClN3O4/c1-26-18(25)13-7-6-11(19)8-15(13)21-16(23)9-22-10-20-14-5-3-2-4-12(14)17(22)24/h2-8,10H,9H2,1H3,(H,21,23). The van der Waals surface area contributed by atoms with Crippen molar-refractivity contribution in [1.82, 2.24) is 9.55 Å². The SMILES string of the molecule is COC(=O)c1ccc(Cl)cc1NC(=O)Cn1cnc2ccccc2c1=O. The number of esters is 1. The van der Waals surface area contributed by atoms with Crippen molar-refractivity contribution in [3.8, 4) is 0 Å². The molecular weight excluding hydrogens is 358 g/mol. The van der Waals surface area contributed by atoms with Crippen molar-refractivity contribution in [2.75, 3.05) is 12.4 Å². The summed E-state index contributed by atoms with van der Waals surface area (Å²) >= 11 is 5.93. The van der Waals surface area contributed by atoms with Gasteiger partial charge in [0.2, 0.25) is 5.91 Å². The van der Waals surface area contributed by atoms with E-state index in [1.807, 2.05) is 0 Å². The predicted molar refractivity (Wildman–Crippen MR) is 97.4 cm³/mol. The third-order valence-electron chi connectivity index (χ3n) is 3.71. The molecule has 2 aromatic carbocycles. The van der Waals surface area contributed by atoms with E-state index in [1.54, 1.807) is 24.3 Å². The highest BCUT2D eigenvalue weighted by atomic mass is 35.5. The van der Waals surface area contributed by atoms with Crippen molar-refractivity contribution in [2.24, 2.45) is 0 Å². The number of halogens is 1. The molecule has 26 heavy (non-hydrogen) atoms. The minimum Gasteiger partial charge on any atom is -0.465 e. The number of benzene rings is 2. The molecule has 3 rings (SSSR count). The largest absolute Gasteiger partial charge is 0.465 e. The molecule has 0 radical (unpaired) electrons. The van der Waals surface area contributed by atoms with Crippen molar-refractivity contribution >= 4 is 40.1 Å². The van der Waals surface area contributed by atoms with Crippen LogP contribution in [-0.4, -0.2) is 28.5 Å². The summed E-state index contributed by atoms with van der Waals surface area (Å²) in [6.07, 6.45) is 1.31. The molecule has 8 heteroatoms. The number of rotatable bonds is 4. The van der Waals surface area contributed by atoms with Gasteiger partial charge in [-0.1, -0.05) is 23.7 Å². The van der Waals surface area contributed by atoms with Gasteiger partial charge < -0.3 is 10.1 Å². The number of hydrogen-bond donors (Lipinski definition) is 1. The number of amides is 1. The van der Waals surface area contributed by atoms with Crippen LogP contribution < -0.4 is 10.9 Å². The van der Waals surface area contributed by atoms with Gasteiger partial charge in [-0.25, -0.2) is 9.78 Å². The second-order valence-electron chi connectivity index (χ2n) is 5.42. The maximum atomic E-state index is 12.4. The van der Waals surface area contributed by atoms with E-state index >= 15 is 0 Å². The Labute approximate surface area is 153 Å². The average Bonchev–Trinajstić information content (AvgIpc) is 2.64. The summed E-state index contributed by atoms with van der Waals surface area (Å²) in [6.45, 7) is -0.260. The molecule has 0 atom stereocenters. The Morgan fingerprint density at radius 1 is 1.23 bits per heavy atom. The molecule has 0 saturated carbocycles. The van der Waals surface area contributed by atoms with Crippen LogP contribution in [-0.2, 0) is 16.1 Å². The molecule has 3 aromatic rings. The molecule has 7 nitrogen and oxygen atoms in total. The lowest BCUT2D eigenvalue weighted by Crippen LogP contribution is -2.28. The molecule has 0 aliphatic heterocycles. The fraction of sp³-hybridized carbons (Fsp3) is 0.111. The number of methoxy groups -OCH3 is 1. The second-order valence-corrected chi connectivity index (χ2v) is 5.86. The zero-order chi connectivity index (χ0) is 18.7. The smallest absolute Gasteiger partial charge is 0.339 e. The Balaban J connectivity index is 1.86. The molecular formula is C18H14ClN3O4. The Bertz CT molecular complexity index is 1060. The van der Waals surface area contributed by atoms with Crippen molar-refractivity contribution in [2.45, 2.75) is 6.54 Å². The van der Waals surface area contributed by atoms with Gasteiger partial charge in [-0.05, 0) is 30.3 Å². The highest BCUT2D eigenvalue weighted by molar-refractivity contribution is 6.31. The first-order valence-corrected chi connectivity index (χ1v) is 7.99. The number of ether oxygens (including phenoxy) is 1. The highest BCUT2D eigenvalue weighted by Crippen LogP contribution is 2.22. The molecule has 0 unspecified atom stereocenters. The number of hydrogen-bond acceptors (Lipinski definition) is 5. The van der Waals surface area contributed by atoms with Gasteiger partial charge in [-0.2, -0.15) is 0 Å². The third-order valence-corrected chi connectivity index (χ3v) is 3.94. The van der Waals surface area contributed by atoms with Crippen molar-refractivity contribution < 1.29 is 14.3 Å². The van der Waals surface area contributed by atoms with Gasteiger partial charge in [-0.3, -0.25) is 14.2 Å². The fourth-order valence-electron chi connectivity index (χ4n) is 2.47. The highest BCUT2D eigenvalue weighted by Gasteiger charge is 2.15. The zero-order valence-electron chi connectivity index (χ0n) is 13.7. The van der Waals surface area contributed by atoms with E-state index in [9.17, 15) is 14.4 Å². The summed E-state index contributed by atoms with van der Waals surface area (Å²) in [5.74, 6) is -1.11. The molecule has 1 heterocycles. The van der Waals surface area contributed by atoms with Gasteiger partial charge in [-0.15, -0.1) is 0 Å². The monoisotopic (exact) mass is 371 g/mol. The van der Waals surface area contributed by atoms with Gasteiger partial charge in [0.25, 0.3) is 5.56 Å². The molecule has 0 aliphatic rings. The zero-order valence-corrected chi connectivity index (χ0v) is 14.5. The van der Waals surface area contributed by atoms with Crippen molar-refractivity contribution in [3.05, 3.63) is 69.7 Å². The van der Waals surface area contributed by atoms with Crippen molar-refractivity contribution in [1.29, 1.82) is 0 Å². The number of fused-ring (bicyclic) bond motifs is 1. The molecule has 0 spiro atoms. The minimum absolute atomic E-state index is 0.161. The third kappa shape index (κ3) is 3.57. The van der Waals surface area contributed by atoms with E-state index in [4.69, 9.17) is 11.6 Å². The molecule has 0 fully saturated rings.